The fraction of sp³-hybridized carbons (Fsp3) is 0.250. The van der Waals surface area contributed by atoms with Crippen LogP contribution in [-0.2, 0) is 14.3 Å². The summed E-state index contributed by atoms with van der Waals surface area (Å²) in [4.78, 5) is 24.6. The smallest absolute Gasteiger partial charge is 0.379 e. The minimum absolute atomic E-state index is 0.319. The van der Waals surface area contributed by atoms with Crippen LogP contribution in [0.5, 0.6) is 0 Å². The Labute approximate surface area is 133 Å². The Hall–Kier alpha value is -1.25. The van der Waals surface area contributed by atoms with Gasteiger partial charge in [-0.25, -0.2) is 4.79 Å². The average molecular weight is 375 g/mol. The number of thiocarbonyl (C=S) groups is 1. The lowest BCUT2D eigenvalue weighted by Gasteiger charge is -2.28. The molecule has 0 amide bonds. The van der Waals surface area contributed by atoms with Crippen molar-refractivity contribution in [1.29, 1.82) is 0 Å². The van der Waals surface area contributed by atoms with Gasteiger partial charge in [0.15, 0.2) is 5.11 Å². The molecule has 0 aliphatic carbocycles. The fourth-order valence-corrected chi connectivity index (χ4v) is 3.66. The lowest BCUT2D eigenvalue weighted by molar-refractivity contribution is -0.150. The summed E-state index contributed by atoms with van der Waals surface area (Å²) in [7, 11) is 1.18. The molecule has 1 atom stereocenters. The van der Waals surface area contributed by atoms with Crippen LogP contribution in [-0.4, -0.2) is 24.0 Å². The molecule has 1 aromatic rings. The van der Waals surface area contributed by atoms with Crippen molar-refractivity contribution in [3.05, 3.63) is 32.1 Å². The number of thiophene rings is 1. The summed E-state index contributed by atoms with van der Waals surface area (Å²) in [6.45, 7) is 1.71. The summed E-state index contributed by atoms with van der Waals surface area (Å²) in [5.41, 5.74) is 0.874. The normalized spacial score (nSPS) is 18.4. The zero-order chi connectivity index (χ0) is 14.9. The van der Waals surface area contributed by atoms with Crippen molar-refractivity contribution < 1.29 is 14.3 Å². The fourth-order valence-electron chi connectivity index (χ4n) is 1.89. The standard InChI is InChI=1S/C12H11BrN2O3S2/c1-5-8(10(16)11(17)18-2)9(15-12(19)14-5)7-3-6(13)4-20-7/h3-4,9H,1-2H3,(H2,14,15,19)/t9-/m0/s1. The molecule has 1 aromatic heterocycles. The van der Waals surface area contributed by atoms with Crippen molar-refractivity contribution in [2.24, 2.45) is 0 Å². The highest BCUT2D eigenvalue weighted by molar-refractivity contribution is 9.10. The Morgan fingerprint density at radius 3 is 2.75 bits per heavy atom. The number of rotatable bonds is 3. The van der Waals surface area contributed by atoms with E-state index in [1.165, 1.54) is 18.4 Å². The predicted octanol–water partition coefficient (Wildman–Crippen LogP) is 2.05. The topological polar surface area (TPSA) is 67.4 Å². The predicted molar refractivity (Wildman–Crippen MR) is 83.4 cm³/mol. The van der Waals surface area contributed by atoms with E-state index in [0.717, 1.165) is 9.35 Å². The number of halogens is 1. The van der Waals surface area contributed by atoms with E-state index in [1.807, 2.05) is 11.4 Å². The van der Waals surface area contributed by atoms with E-state index in [0.29, 0.717) is 16.4 Å². The molecule has 0 aromatic carbocycles. The number of methoxy groups -OCH3 is 1. The molecule has 1 aliphatic heterocycles. The highest BCUT2D eigenvalue weighted by Gasteiger charge is 2.34. The van der Waals surface area contributed by atoms with Gasteiger partial charge < -0.3 is 15.4 Å². The molecule has 8 heteroatoms. The number of allylic oxidation sites excluding steroid dienone is 1. The van der Waals surface area contributed by atoms with Gasteiger partial charge in [0.1, 0.15) is 0 Å². The minimum atomic E-state index is -0.892. The highest BCUT2D eigenvalue weighted by atomic mass is 79.9. The molecule has 0 saturated carbocycles. The van der Waals surface area contributed by atoms with Crippen LogP contribution < -0.4 is 10.6 Å². The molecular formula is C12H11BrN2O3S2. The molecule has 20 heavy (non-hydrogen) atoms. The van der Waals surface area contributed by atoms with Crippen molar-refractivity contribution in [3.63, 3.8) is 0 Å². The van der Waals surface area contributed by atoms with Crippen molar-refractivity contribution in [2.75, 3.05) is 7.11 Å². The number of hydrogen-bond acceptors (Lipinski definition) is 5. The monoisotopic (exact) mass is 374 g/mol. The second kappa shape index (κ2) is 6.02. The van der Waals surface area contributed by atoms with Gasteiger partial charge in [-0.2, -0.15) is 0 Å². The Balaban J connectivity index is 2.47. The van der Waals surface area contributed by atoms with Gasteiger partial charge in [-0.15, -0.1) is 11.3 Å². The van der Waals surface area contributed by atoms with Crippen molar-refractivity contribution >= 4 is 56.3 Å². The number of Topliss-reactive ketones (excluding diaryl/α,β-unsaturated/α-hetero) is 1. The molecule has 0 saturated heterocycles. The first-order valence-corrected chi connectivity index (χ1v) is 7.67. The Kier molecular flexibility index (Phi) is 4.56. The number of ketones is 1. The van der Waals surface area contributed by atoms with Crippen LogP contribution in [0.3, 0.4) is 0 Å². The summed E-state index contributed by atoms with van der Waals surface area (Å²) in [6.07, 6.45) is 0. The average Bonchev–Trinajstić information content (AvgIpc) is 2.82. The third-order valence-electron chi connectivity index (χ3n) is 2.76. The molecule has 5 nitrogen and oxygen atoms in total. The maximum Gasteiger partial charge on any atom is 0.379 e. The van der Waals surface area contributed by atoms with Crippen LogP contribution in [0.15, 0.2) is 27.2 Å². The first kappa shape index (κ1) is 15.1. The summed E-state index contributed by atoms with van der Waals surface area (Å²) in [6, 6.07) is 1.43. The molecule has 0 spiro atoms. The highest BCUT2D eigenvalue weighted by Crippen LogP contribution is 2.33. The van der Waals surface area contributed by atoms with Crippen LogP contribution in [0.2, 0.25) is 0 Å². The summed E-state index contributed by atoms with van der Waals surface area (Å²) < 4.78 is 5.42. The molecular weight excluding hydrogens is 364 g/mol. The van der Waals surface area contributed by atoms with Crippen molar-refractivity contribution in [1.82, 2.24) is 10.6 Å². The van der Waals surface area contributed by atoms with Gasteiger partial charge in [0.25, 0.3) is 5.78 Å². The quantitative estimate of drug-likeness (QED) is 0.479. The Bertz CT molecular complexity index is 624. The molecule has 0 unspecified atom stereocenters. The van der Waals surface area contributed by atoms with Crippen LogP contribution in [0, 0.1) is 0 Å². The second-order valence-corrected chi connectivity index (χ2v) is 6.32. The maximum atomic E-state index is 12.2. The first-order chi connectivity index (χ1) is 9.43. The van der Waals surface area contributed by atoms with E-state index < -0.39 is 17.8 Å². The molecule has 0 fully saturated rings. The lowest BCUT2D eigenvalue weighted by atomic mass is 9.97. The van der Waals surface area contributed by atoms with E-state index in [2.05, 4.69) is 31.3 Å². The zero-order valence-electron chi connectivity index (χ0n) is 10.7. The molecule has 2 heterocycles. The molecule has 0 bridgehead atoms. The third-order valence-corrected chi connectivity index (χ3v) is 4.74. The van der Waals surface area contributed by atoms with Crippen LogP contribution in [0.25, 0.3) is 0 Å². The van der Waals surface area contributed by atoms with Gasteiger partial charge in [0.05, 0.1) is 18.7 Å². The molecule has 2 rings (SSSR count). The van der Waals surface area contributed by atoms with Crippen molar-refractivity contribution in [2.45, 2.75) is 13.0 Å². The lowest BCUT2D eigenvalue weighted by Crippen LogP contribution is -2.45. The van der Waals surface area contributed by atoms with E-state index in [-0.39, 0.29) is 0 Å². The SMILES string of the molecule is COC(=O)C(=O)C1=C(C)NC(=S)N[C@H]1c1cc(Br)cs1. The number of carbonyl (C=O) groups excluding carboxylic acids is 2. The molecule has 1 aliphatic rings. The van der Waals surface area contributed by atoms with E-state index >= 15 is 0 Å². The molecule has 2 N–H and O–H groups in total. The van der Waals surface area contributed by atoms with Crippen LogP contribution in [0.1, 0.15) is 17.8 Å². The van der Waals surface area contributed by atoms with Crippen LogP contribution >= 0.6 is 39.5 Å². The first-order valence-electron chi connectivity index (χ1n) is 5.59. The third kappa shape index (κ3) is 2.92. The van der Waals surface area contributed by atoms with Gasteiger partial charge >= 0.3 is 5.97 Å². The summed E-state index contributed by atoms with van der Waals surface area (Å²) in [5, 5.41) is 8.19. The summed E-state index contributed by atoms with van der Waals surface area (Å²) in [5.74, 6) is -1.57. The van der Waals surface area contributed by atoms with Gasteiger partial charge in [0, 0.05) is 20.4 Å². The van der Waals surface area contributed by atoms with Crippen LogP contribution in [0.4, 0.5) is 0 Å². The van der Waals surface area contributed by atoms with Gasteiger partial charge in [0.2, 0.25) is 0 Å². The van der Waals surface area contributed by atoms with E-state index in [1.54, 1.807) is 6.92 Å². The number of ether oxygens (including phenoxy) is 1. The largest absolute Gasteiger partial charge is 0.463 e. The second-order valence-electron chi connectivity index (χ2n) is 4.06. The van der Waals surface area contributed by atoms with Gasteiger partial charge in [-0.3, -0.25) is 4.79 Å². The molecule has 0 radical (unpaired) electrons. The van der Waals surface area contributed by atoms with E-state index in [4.69, 9.17) is 12.2 Å². The summed E-state index contributed by atoms with van der Waals surface area (Å²) >= 11 is 9.94. The number of carbonyl (C=O) groups is 2. The zero-order valence-corrected chi connectivity index (χ0v) is 13.9. The number of esters is 1. The molecule has 106 valence electrons. The van der Waals surface area contributed by atoms with E-state index in [9.17, 15) is 9.59 Å². The number of nitrogens with one attached hydrogen (secondary N) is 2. The number of hydrogen-bond donors (Lipinski definition) is 2. The minimum Gasteiger partial charge on any atom is -0.463 e. The maximum absolute atomic E-state index is 12.2. The van der Waals surface area contributed by atoms with Gasteiger partial charge in [-0.1, -0.05) is 0 Å². The Morgan fingerprint density at radius 2 is 2.20 bits per heavy atom. The van der Waals surface area contributed by atoms with Gasteiger partial charge in [-0.05, 0) is 41.1 Å². The Morgan fingerprint density at radius 1 is 1.50 bits per heavy atom. The van der Waals surface area contributed by atoms with Crippen molar-refractivity contribution in [3.8, 4) is 0 Å².